The van der Waals surface area contributed by atoms with Crippen LogP contribution in [0.3, 0.4) is 0 Å². The summed E-state index contributed by atoms with van der Waals surface area (Å²) >= 11 is 0. The zero-order valence-electron chi connectivity index (χ0n) is 33.0. The third-order valence-electron chi connectivity index (χ3n) is 10.1. The lowest BCUT2D eigenvalue weighted by molar-refractivity contribution is 0.414. The highest BCUT2D eigenvalue weighted by molar-refractivity contribution is 7.92. The van der Waals surface area contributed by atoms with E-state index in [1.807, 2.05) is 48.5 Å². The molecule has 58 heavy (non-hydrogen) atoms. The molecule has 0 spiro atoms. The molecule has 296 valence electrons. The largest absolute Gasteiger partial charge is 0.497 e. The summed E-state index contributed by atoms with van der Waals surface area (Å²) in [4.78, 5) is 0. The van der Waals surface area contributed by atoms with Crippen LogP contribution < -0.4 is 18.9 Å². The maximum absolute atomic E-state index is 11.6. The van der Waals surface area contributed by atoms with Gasteiger partial charge in [0, 0.05) is 11.4 Å². The van der Waals surface area contributed by atoms with Gasteiger partial charge in [0.2, 0.25) is 20.0 Å². The van der Waals surface area contributed by atoms with Crippen molar-refractivity contribution < 1.29 is 26.3 Å². The zero-order valence-corrected chi connectivity index (χ0v) is 34.6. The Morgan fingerprint density at radius 3 is 1.22 bits per heavy atom. The Balaban J connectivity index is 0.000000177. The molecule has 2 aliphatic carbocycles. The molecule has 2 aliphatic rings. The highest BCUT2D eigenvalue weighted by atomic mass is 32.2. The minimum absolute atomic E-state index is 0.554. The second kappa shape index (κ2) is 17.2. The molecule has 8 nitrogen and oxygen atoms in total. The van der Waals surface area contributed by atoms with Gasteiger partial charge < -0.3 is 9.47 Å². The van der Waals surface area contributed by atoms with Crippen molar-refractivity contribution >= 4 is 54.7 Å². The summed E-state index contributed by atoms with van der Waals surface area (Å²) in [7, 11) is -3.28. The van der Waals surface area contributed by atoms with E-state index in [4.69, 9.17) is 9.47 Å². The normalized spacial score (nSPS) is 14.6. The molecule has 0 aromatic heterocycles. The fourth-order valence-corrected chi connectivity index (χ4v) is 8.73. The van der Waals surface area contributed by atoms with Gasteiger partial charge in [-0.25, -0.2) is 16.8 Å². The summed E-state index contributed by atoms with van der Waals surface area (Å²) in [6, 6.07) is 44.2. The van der Waals surface area contributed by atoms with Gasteiger partial charge in [0.25, 0.3) is 0 Å². The standard InChI is InChI=1S/2C24H23NO3S/c2*1-28-21-12-13-23-19(16-21)11-10-18-7-3-4-9-22(18)24(23)15-17-6-5-8-20(14-17)25-29(2,26)27/h2*3-9,12-16,25H,10-11H2,1-2H3/b24-15+;24-15-. The maximum Gasteiger partial charge on any atom is 0.229 e. The lowest BCUT2D eigenvalue weighted by Gasteiger charge is -2.13. The molecule has 0 saturated heterocycles. The molecular weight excluding hydrogens is 765 g/mol. The van der Waals surface area contributed by atoms with Crippen LogP contribution in [0.15, 0.2) is 133 Å². The van der Waals surface area contributed by atoms with Gasteiger partial charge in [0.05, 0.1) is 26.7 Å². The predicted octanol–water partition coefficient (Wildman–Crippen LogP) is 9.51. The Hall–Kier alpha value is -6.10. The number of aryl methyl sites for hydroxylation is 4. The van der Waals surface area contributed by atoms with E-state index in [0.29, 0.717) is 11.4 Å². The average Bonchev–Trinajstić information content (AvgIpc) is 3.44. The van der Waals surface area contributed by atoms with Crippen molar-refractivity contribution in [2.75, 3.05) is 36.2 Å². The number of sulfonamides is 2. The molecule has 8 rings (SSSR count). The molecule has 0 saturated carbocycles. The second-order valence-electron chi connectivity index (χ2n) is 14.5. The van der Waals surface area contributed by atoms with Crippen molar-refractivity contribution in [3.63, 3.8) is 0 Å². The number of hydrogen-bond acceptors (Lipinski definition) is 6. The average molecular weight is 811 g/mol. The Kier molecular flexibility index (Phi) is 11.9. The summed E-state index contributed by atoms with van der Waals surface area (Å²) in [5.74, 6) is 1.71. The van der Waals surface area contributed by atoms with E-state index < -0.39 is 20.0 Å². The van der Waals surface area contributed by atoms with Crippen LogP contribution in [0.25, 0.3) is 23.3 Å². The van der Waals surface area contributed by atoms with Gasteiger partial charge in [-0.2, -0.15) is 0 Å². The molecular formula is C48H46N2O6S2. The molecule has 6 aromatic rings. The first kappa shape index (κ1) is 40.1. The molecule has 2 N–H and O–H groups in total. The quantitative estimate of drug-likeness (QED) is 0.159. The van der Waals surface area contributed by atoms with Crippen molar-refractivity contribution in [2.24, 2.45) is 0 Å². The first-order valence-electron chi connectivity index (χ1n) is 19.0. The van der Waals surface area contributed by atoms with Crippen LogP contribution in [0.4, 0.5) is 11.4 Å². The number of ether oxygens (including phenoxy) is 2. The van der Waals surface area contributed by atoms with E-state index in [0.717, 1.165) is 72.0 Å². The number of anilines is 2. The topological polar surface area (TPSA) is 111 Å². The molecule has 10 heteroatoms. The number of nitrogens with one attached hydrogen (secondary N) is 2. The first-order chi connectivity index (χ1) is 27.9. The molecule has 0 amide bonds. The summed E-state index contributed by atoms with van der Waals surface area (Å²) in [6.07, 6.45) is 10.4. The van der Waals surface area contributed by atoms with Gasteiger partial charge in [-0.15, -0.1) is 0 Å². The van der Waals surface area contributed by atoms with Crippen molar-refractivity contribution in [3.8, 4) is 11.5 Å². The Morgan fingerprint density at radius 1 is 0.448 bits per heavy atom. The summed E-state index contributed by atoms with van der Waals surface area (Å²) in [5.41, 5.74) is 15.1. The third-order valence-corrected chi connectivity index (χ3v) is 11.4. The Morgan fingerprint density at radius 2 is 0.828 bits per heavy atom. The SMILES string of the molecule is COc1ccc2c(c1)CCc1ccccc1/C2=C/c1cccc(NS(C)(=O)=O)c1.COc1ccc2c(c1)CCc1ccccc1/C2=C\c1cccc(NS(C)(=O)=O)c1. The Bertz CT molecular complexity index is 2580. The number of fused-ring (bicyclic) bond motifs is 4. The molecule has 0 heterocycles. The minimum atomic E-state index is -3.32. The number of methoxy groups -OCH3 is 2. The first-order valence-corrected chi connectivity index (χ1v) is 22.7. The monoisotopic (exact) mass is 810 g/mol. The highest BCUT2D eigenvalue weighted by Gasteiger charge is 2.20. The van der Waals surface area contributed by atoms with Crippen LogP contribution in [0.2, 0.25) is 0 Å². The van der Waals surface area contributed by atoms with Crippen LogP contribution in [-0.4, -0.2) is 43.6 Å². The molecule has 0 bridgehead atoms. The van der Waals surface area contributed by atoms with E-state index in [9.17, 15) is 16.8 Å². The third kappa shape index (κ3) is 9.88. The van der Waals surface area contributed by atoms with Crippen molar-refractivity contribution in [1.29, 1.82) is 0 Å². The van der Waals surface area contributed by atoms with E-state index in [-0.39, 0.29) is 0 Å². The van der Waals surface area contributed by atoms with Gasteiger partial charge >= 0.3 is 0 Å². The van der Waals surface area contributed by atoms with Gasteiger partial charge in [0.15, 0.2) is 0 Å². The number of hydrogen-bond donors (Lipinski definition) is 2. The van der Waals surface area contributed by atoms with E-state index in [1.54, 1.807) is 26.4 Å². The molecule has 0 radical (unpaired) electrons. The molecule has 0 fully saturated rings. The second-order valence-corrected chi connectivity index (χ2v) is 18.0. The van der Waals surface area contributed by atoms with Crippen LogP contribution in [0.1, 0.15) is 55.6 Å². The fourth-order valence-electron chi connectivity index (χ4n) is 7.62. The lowest BCUT2D eigenvalue weighted by Crippen LogP contribution is -2.09. The van der Waals surface area contributed by atoms with E-state index in [2.05, 4.69) is 94.4 Å². The molecule has 6 aromatic carbocycles. The minimum Gasteiger partial charge on any atom is -0.497 e. The molecule has 0 aliphatic heterocycles. The fraction of sp³-hybridized carbons (Fsp3) is 0.167. The summed E-state index contributed by atoms with van der Waals surface area (Å²) < 4.78 is 62.3. The predicted molar refractivity (Wildman–Crippen MR) is 237 cm³/mol. The van der Waals surface area contributed by atoms with E-state index >= 15 is 0 Å². The smallest absolute Gasteiger partial charge is 0.229 e. The van der Waals surface area contributed by atoms with Crippen molar-refractivity contribution in [1.82, 2.24) is 0 Å². The van der Waals surface area contributed by atoms with Gasteiger partial charge in [-0.05, 0) is 153 Å². The van der Waals surface area contributed by atoms with Crippen molar-refractivity contribution in [2.45, 2.75) is 25.7 Å². The number of rotatable bonds is 8. The van der Waals surface area contributed by atoms with E-state index in [1.165, 1.54) is 44.5 Å². The van der Waals surface area contributed by atoms with Crippen LogP contribution in [0.5, 0.6) is 11.5 Å². The zero-order chi connectivity index (χ0) is 40.9. The van der Waals surface area contributed by atoms with Gasteiger partial charge in [0.1, 0.15) is 11.5 Å². The summed E-state index contributed by atoms with van der Waals surface area (Å²) in [6.45, 7) is 0. The van der Waals surface area contributed by atoms with Crippen LogP contribution in [-0.2, 0) is 45.7 Å². The number of benzene rings is 6. The highest BCUT2D eigenvalue weighted by Crippen LogP contribution is 2.38. The van der Waals surface area contributed by atoms with Gasteiger partial charge in [-0.1, -0.05) is 84.9 Å². The van der Waals surface area contributed by atoms with Crippen LogP contribution in [0, 0.1) is 0 Å². The molecule has 0 unspecified atom stereocenters. The van der Waals surface area contributed by atoms with Crippen LogP contribution >= 0.6 is 0 Å². The Labute approximate surface area is 342 Å². The maximum atomic E-state index is 11.6. The molecule has 0 atom stereocenters. The lowest BCUT2D eigenvalue weighted by atomic mass is 9.92. The van der Waals surface area contributed by atoms with Crippen molar-refractivity contribution in [3.05, 3.63) is 189 Å². The van der Waals surface area contributed by atoms with Gasteiger partial charge in [-0.3, -0.25) is 9.44 Å². The summed E-state index contributed by atoms with van der Waals surface area (Å²) in [5, 5.41) is 0.